The summed E-state index contributed by atoms with van der Waals surface area (Å²) in [5.74, 6) is 0.611. The number of nitrogens with one attached hydrogen (secondary N) is 1. The lowest BCUT2D eigenvalue weighted by Gasteiger charge is -2.28. The van der Waals surface area contributed by atoms with Crippen LogP contribution in [-0.2, 0) is 17.9 Å². The van der Waals surface area contributed by atoms with Crippen molar-refractivity contribution >= 4 is 5.91 Å². The molecular weight excluding hydrogens is 242 g/mol. The molecule has 19 heavy (non-hydrogen) atoms. The highest BCUT2D eigenvalue weighted by Crippen LogP contribution is 2.26. The Morgan fingerprint density at radius 1 is 1.53 bits per heavy atom. The summed E-state index contributed by atoms with van der Waals surface area (Å²) in [6, 6.07) is 0.241. The molecule has 1 aromatic rings. The predicted octanol–water partition coefficient (Wildman–Crippen LogP) is 0.822. The molecule has 0 aliphatic heterocycles. The lowest BCUT2D eigenvalue weighted by Crippen LogP contribution is -2.40. The summed E-state index contributed by atoms with van der Waals surface area (Å²) in [5.41, 5.74) is 6.16. The summed E-state index contributed by atoms with van der Waals surface area (Å²) in [5, 5.41) is 10.8. The van der Waals surface area contributed by atoms with E-state index in [1.807, 2.05) is 0 Å². The second kappa shape index (κ2) is 6.65. The van der Waals surface area contributed by atoms with E-state index in [0.29, 0.717) is 18.2 Å². The van der Waals surface area contributed by atoms with Crippen molar-refractivity contribution in [1.82, 2.24) is 20.3 Å². The van der Waals surface area contributed by atoms with Crippen LogP contribution in [0.25, 0.3) is 0 Å². The molecule has 1 fully saturated rings. The van der Waals surface area contributed by atoms with Gasteiger partial charge in [-0.25, -0.2) is 4.68 Å². The molecule has 0 aromatic carbocycles. The van der Waals surface area contributed by atoms with Crippen molar-refractivity contribution in [2.24, 2.45) is 11.7 Å². The first-order chi connectivity index (χ1) is 9.19. The van der Waals surface area contributed by atoms with Gasteiger partial charge >= 0.3 is 0 Å². The molecule has 6 nitrogen and oxygen atoms in total. The molecular formula is C13H23N5O. The molecule has 1 heterocycles. The van der Waals surface area contributed by atoms with Crippen LogP contribution in [-0.4, -0.2) is 26.9 Å². The maximum Gasteiger partial charge on any atom is 0.242 e. The van der Waals surface area contributed by atoms with Crippen LogP contribution in [0.1, 0.15) is 44.7 Å². The smallest absolute Gasteiger partial charge is 0.242 e. The van der Waals surface area contributed by atoms with Crippen LogP contribution in [0.15, 0.2) is 6.20 Å². The van der Waals surface area contributed by atoms with Crippen molar-refractivity contribution in [2.45, 2.75) is 58.2 Å². The number of rotatable bonds is 5. The standard InChI is InChI=1S/C13H23N5O/c1-10(11-5-3-2-4-6-11)15-13(19)9-18-8-12(7-14)16-17-18/h8,10-11H,2-7,9,14H2,1H3,(H,15,19)/t10-/m1/s1. The van der Waals surface area contributed by atoms with E-state index in [1.54, 1.807) is 6.20 Å². The molecule has 1 saturated carbocycles. The molecule has 1 amide bonds. The average Bonchev–Trinajstić information content (AvgIpc) is 2.87. The number of carbonyl (C=O) groups is 1. The molecule has 1 atom stereocenters. The van der Waals surface area contributed by atoms with Crippen LogP contribution in [0.3, 0.4) is 0 Å². The van der Waals surface area contributed by atoms with Crippen molar-refractivity contribution in [2.75, 3.05) is 0 Å². The van der Waals surface area contributed by atoms with E-state index in [-0.39, 0.29) is 18.5 Å². The number of hydrogen-bond donors (Lipinski definition) is 2. The van der Waals surface area contributed by atoms with E-state index < -0.39 is 0 Å². The van der Waals surface area contributed by atoms with Crippen LogP contribution in [0.5, 0.6) is 0 Å². The topological polar surface area (TPSA) is 85.8 Å². The molecule has 0 unspecified atom stereocenters. The zero-order valence-corrected chi connectivity index (χ0v) is 11.5. The maximum absolute atomic E-state index is 11.9. The van der Waals surface area contributed by atoms with E-state index in [4.69, 9.17) is 5.73 Å². The summed E-state index contributed by atoms with van der Waals surface area (Å²) in [6.45, 7) is 2.66. The fourth-order valence-electron chi connectivity index (χ4n) is 2.71. The number of nitrogens with two attached hydrogens (primary N) is 1. The fourth-order valence-corrected chi connectivity index (χ4v) is 2.71. The van der Waals surface area contributed by atoms with Gasteiger partial charge in [-0.2, -0.15) is 0 Å². The highest BCUT2D eigenvalue weighted by molar-refractivity contribution is 5.75. The maximum atomic E-state index is 11.9. The second-order valence-corrected chi connectivity index (χ2v) is 5.37. The number of aromatic nitrogens is 3. The van der Waals surface area contributed by atoms with Crippen LogP contribution in [0, 0.1) is 5.92 Å². The molecule has 1 aliphatic carbocycles. The van der Waals surface area contributed by atoms with Crippen LogP contribution < -0.4 is 11.1 Å². The Bertz CT molecular complexity index is 411. The van der Waals surface area contributed by atoms with Crippen molar-refractivity contribution in [3.05, 3.63) is 11.9 Å². The van der Waals surface area contributed by atoms with Gasteiger partial charge in [-0.1, -0.05) is 24.5 Å². The summed E-state index contributed by atoms with van der Waals surface area (Å²) >= 11 is 0. The molecule has 0 radical (unpaired) electrons. The Kier molecular flexibility index (Phi) is 4.90. The lowest BCUT2D eigenvalue weighted by atomic mass is 9.84. The lowest BCUT2D eigenvalue weighted by molar-refractivity contribution is -0.122. The number of nitrogens with zero attached hydrogens (tertiary/aromatic N) is 3. The predicted molar refractivity (Wildman–Crippen MR) is 72.1 cm³/mol. The molecule has 106 valence electrons. The van der Waals surface area contributed by atoms with E-state index in [0.717, 1.165) is 0 Å². The second-order valence-electron chi connectivity index (χ2n) is 5.37. The summed E-state index contributed by atoms with van der Waals surface area (Å²) in [4.78, 5) is 11.9. The van der Waals surface area contributed by atoms with Gasteiger partial charge in [-0.15, -0.1) is 5.10 Å². The van der Waals surface area contributed by atoms with Gasteiger partial charge in [0.05, 0.1) is 11.9 Å². The molecule has 0 bridgehead atoms. The minimum Gasteiger partial charge on any atom is -0.352 e. The first kappa shape index (κ1) is 14.0. The van der Waals surface area contributed by atoms with E-state index in [9.17, 15) is 4.79 Å². The van der Waals surface area contributed by atoms with E-state index in [2.05, 4.69) is 22.6 Å². The Morgan fingerprint density at radius 2 is 2.26 bits per heavy atom. The zero-order valence-electron chi connectivity index (χ0n) is 11.5. The van der Waals surface area contributed by atoms with E-state index >= 15 is 0 Å². The largest absolute Gasteiger partial charge is 0.352 e. The summed E-state index contributed by atoms with van der Waals surface area (Å²) < 4.78 is 1.53. The van der Waals surface area contributed by atoms with Gasteiger partial charge in [-0.05, 0) is 25.7 Å². The molecule has 1 aromatic heterocycles. The Hall–Kier alpha value is -1.43. The number of carbonyl (C=O) groups excluding carboxylic acids is 1. The Morgan fingerprint density at radius 3 is 2.89 bits per heavy atom. The van der Waals surface area contributed by atoms with Gasteiger partial charge in [0.2, 0.25) is 5.91 Å². The van der Waals surface area contributed by atoms with Gasteiger partial charge in [0, 0.05) is 12.6 Å². The summed E-state index contributed by atoms with van der Waals surface area (Å²) in [6.07, 6.45) is 8.06. The van der Waals surface area contributed by atoms with Crippen LogP contribution in [0.2, 0.25) is 0 Å². The third-order valence-corrected chi connectivity index (χ3v) is 3.85. The third kappa shape index (κ3) is 4.02. The van der Waals surface area contributed by atoms with Crippen molar-refractivity contribution < 1.29 is 4.79 Å². The Balaban J connectivity index is 1.79. The minimum atomic E-state index is -0.00783. The minimum absolute atomic E-state index is 0.00783. The first-order valence-electron chi connectivity index (χ1n) is 7.07. The molecule has 2 rings (SSSR count). The molecule has 0 saturated heterocycles. The van der Waals surface area contributed by atoms with Gasteiger partial charge in [0.1, 0.15) is 6.54 Å². The van der Waals surface area contributed by atoms with Crippen molar-refractivity contribution in [3.63, 3.8) is 0 Å². The zero-order chi connectivity index (χ0) is 13.7. The molecule has 3 N–H and O–H groups in total. The van der Waals surface area contributed by atoms with Crippen LogP contribution in [0.4, 0.5) is 0 Å². The first-order valence-corrected chi connectivity index (χ1v) is 7.07. The summed E-state index contributed by atoms with van der Waals surface area (Å²) in [7, 11) is 0. The van der Waals surface area contributed by atoms with E-state index in [1.165, 1.54) is 36.8 Å². The third-order valence-electron chi connectivity index (χ3n) is 3.85. The number of hydrogen-bond acceptors (Lipinski definition) is 4. The fraction of sp³-hybridized carbons (Fsp3) is 0.769. The SMILES string of the molecule is C[C@@H](NC(=O)Cn1cc(CN)nn1)C1CCCCC1. The quantitative estimate of drug-likeness (QED) is 0.825. The molecule has 6 heteroatoms. The monoisotopic (exact) mass is 265 g/mol. The van der Waals surface area contributed by atoms with Crippen LogP contribution >= 0.6 is 0 Å². The van der Waals surface area contributed by atoms with Gasteiger partial charge in [0.25, 0.3) is 0 Å². The normalized spacial score (nSPS) is 18.2. The highest BCUT2D eigenvalue weighted by Gasteiger charge is 2.21. The number of amides is 1. The van der Waals surface area contributed by atoms with Crippen molar-refractivity contribution in [3.8, 4) is 0 Å². The molecule has 0 spiro atoms. The van der Waals surface area contributed by atoms with Gasteiger partial charge < -0.3 is 11.1 Å². The molecule has 1 aliphatic rings. The van der Waals surface area contributed by atoms with Gasteiger partial charge in [0.15, 0.2) is 0 Å². The average molecular weight is 265 g/mol. The highest BCUT2D eigenvalue weighted by atomic mass is 16.2. The van der Waals surface area contributed by atoms with Crippen molar-refractivity contribution in [1.29, 1.82) is 0 Å². The Labute approximate surface area is 113 Å². The van der Waals surface area contributed by atoms with Gasteiger partial charge in [-0.3, -0.25) is 4.79 Å².